The molecule has 0 atom stereocenters. The number of benzene rings is 1. The van der Waals surface area contributed by atoms with Crippen molar-refractivity contribution < 1.29 is 0 Å². The topological polar surface area (TPSA) is 56.7 Å². The maximum Gasteiger partial charge on any atom is 0.152 e. The van der Waals surface area contributed by atoms with Crippen LogP contribution in [0.3, 0.4) is 0 Å². The van der Waals surface area contributed by atoms with E-state index in [4.69, 9.17) is 5.73 Å². The van der Waals surface area contributed by atoms with Crippen LogP contribution in [0.1, 0.15) is 22.8 Å². The molecule has 0 bridgehead atoms. The highest BCUT2D eigenvalue weighted by Crippen LogP contribution is 2.14. The molecule has 0 fully saturated rings. The third-order valence-electron chi connectivity index (χ3n) is 2.63. The second-order valence-corrected chi connectivity index (χ2v) is 4.37. The highest BCUT2D eigenvalue weighted by molar-refractivity contribution is 5.39. The fraction of sp³-hybridized carbons (Fsp3) is 0.385. The van der Waals surface area contributed by atoms with Crippen LogP contribution in [0.15, 0.2) is 18.2 Å². The van der Waals surface area contributed by atoms with Crippen molar-refractivity contribution in [2.24, 2.45) is 5.73 Å². The molecule has 0 aliphatic rings. The van der Waals surface area contributed by atoms with Crippen LogP contribution in [0.2, 0.25) is 0 Å². The van der Waals surface area contributed by atoms with Crippen molar-refractivity contribution in [2.45, 2.75) is 27.2 Å². The van der Waals surface area contributed by atoms with E-state index in [1.165, 1.54) is 11.1 Å². The van der Waals surface area contributed by atoms with Gasteiger partial charge in [0.2, 0.25) is 0 Å². The van der Waals surface area contributed by atoms with Gasteiger partial charge in [0.1, 0.15) is 5.82 Å². The number of hydrogen-bond acceptors (Lipinski definition) is 3. The first kappa shape index (κ1) is 11.8. The second-order valence-electron chi connectivity index (χ2n) is 4.37. The summed E-state index contributed by atoms with van der Waals surface area (Å²) >= 11 is 0. The molecule has 2 rings (SSSR count). The zero-order valence-electron chi connectivity index (χ0n) is 10.6. The van der Waals surface area contributed by atoms with E-state index in [2.05, 4.69) is 42.1 Å². The van der Waals surface area contributed by atoms with Crippen molar-refractivity contribution in [3.8, 4) is 5.69 Å². The number of aromatic nitrogens is 3. The van der Waals surface area contributed by atoms with Gasteiger partial charge >= 0.3 is 0 Å². The summed E-state index contributed by atoms with van der Waals surface area (Å²) in [5.41, 5.74) is 9.05. The number of nitrogens with two attached hydrogens (primary N) is 1. The first-order chi connectivity index (χ1) is 8.10. The zero-order chi connectivity index (χ0) is 12.4. The molecule has 2 N–H and O–H groups in total. The molecule has 0 saturated heterocycles. The highest BCUT2D eigenvalue weighted by Gasteiger charge is 2.07. The van der Waals surface area contributed by atoms with Gasteiger partial charge < -0.3 is 5.73 Å². The van der Waals surface area contributed by atoms with E-state index in [-0.39, 0.29) is 0 Å². The van der Waals surface area contributed by atoms with Gasteiger partial charge in [-0.3, -0.25) is 0 Å². The SMILES string of the molecule is Cc1cc(C)cc(-n2nc(CCN)nc2C)c1. The van der Waals surface area contributed by atoms with Gasteiger partial charge in [-0.15, -0.1) is 0 Å². The van der Waals surface area contributed by atoms with Crippen LogP contribution in [-0.4, -0.2) is 21.3 Å². The smallest absolute Gasteiger partial charge is 0.152 e. The van der Waals surface area contributed by atoms with E-state index >= 15 is 0 Å². The van der Waals surface area contributed by atoms with Gasteiger partial charge in [0, 0.05) is 6.42 Å². The van der Waals surface area contributed by atoms with Crippen LogP contribution >= 0.6 is 0 Å². The molecule has 90 valence electrons. The Hall–Kier alpha value is -1.68. The molecule has 0 radical (unpaired) electrons. The van der Waals surface area contributed by atoms with Gasteiger partial charge in [0.15, 0.2) is 5.82 Å². The lowest BCUT2D eigenvalue weighted by Crippen LogP contribution is -2.05. The standard InChI is InChI=1S/C13H18N4/c1-9-6-10(2)8-12(7-9)17-11(3)15-13(16-17)4-5-14/h6-8H,4-5,14H2,1-3H3. The molecule has 0 unspecified atom stereocenters. The first-order valence-electron chi connectivity index (χ1n) is 5.81. The number of rotatable bonds is 3. The normalized spacial score (nSPS) is 10.8. The molecule has 0 saturated carbocycles. The van der Waals surface area contributed by atoms with Gasteiger partial charge in [-0.05, 0) is 50.6 Å². The van der Waals surface area contributed by atoms with Crippen molar-refractivity contribution in [2.75, 3.05) is 6.54 Å². The first-order valence-corrected chi connectivity index (χ1v) is 5.81. The second kappa shape index (κ2) is 4.67. The quantitative estimate of drug-likeness (QED) is 0.873. The fourth-order valence-corrected chi connectivity index (χ4v) is 2.00. The van der Waals surface area contributed by atoms with Crippen molar-refractivity contribution >= 4 is 0 Å². The predicted octanol–water partition coefficient (Wildman–Crippen LogP) is 1.69. The Labute approximate surface area is 101 Å². The van der Waals surface area contributed by atoms with E-state index < -0.39 is 0 Å². The van der Waals surface area contributed by atoms with Crippen LogP contribution in [-0.2, 0) is 6.42 Å². The molecule has 4 nitrogen and oxygen atoms in total. The van der Waals surface area contributed by atoms with Crippen LogP contribution in [0.25, 0.3) is 5.69 Å². The summed E-state index contributed by atoms with van der Waals surface area (Å²) in [5.74, 6) is 1.71. The Morgan fingerprint density at radius 1 is 1.12 bits per heavy atom. The van der Waals surface area contributed by atoms with Crippen LogP contribution < -0.4 is 5.73 Å². The molecule has 0 aliphatic heterocycles. The monoisotopic (exact) mass is 230 g/mol. The highest BCUT2D eigenvalue weighted by atomic mass is 15.3. The summed E-state index contributed by atoms with van der Waals surface area (Å²) in [6.07, 6.45) is 0.721. The summed E-state index contributed by atoms with van der Waals surface area (Å²) in [6, 6.07) is 6.37. The van der Waals surface area contributed by atoms with E-state index in [9.17, 15) is 0 Å². The summed E-state index contributed by atoms with van der Waals surface area (Å²) < 4.78 is 1.88. The van der Waals surface area contributed by atoms with Crippen LogP contribution in [0, 0.1) is 20.8 Å². The average molecular weight is 230 g/mol. The molecule has 0 spiro atoms. The lowest BCUT2D eigenvalue weighted by Gasteiger charge is -2.05. The fourth-order valence-electron chi connectivity index (χ4n) is 2.00. The molecule has 4 heteroatoms. The zero-order valence-corrected chi connectivity index (χ0v) is 10.6. The minimum absolute atomic E-state index is 0.580. The molecular weight excluding hydrogens is 212 g/mol. The molecule has 1 aromatic carbocycles. The molecule has 0 aliphatic carbocycles. The third-order valence-corrected chi connectivity index (χ3v) is 2.63. The number of aryl methyl sites for hydroxylation is 3. The molecule has 1 aromatic heterocycles. The van der Waals surface area contributed by atoms with Crippen LogP contribution in [0.4, 0.5) is 0 Å². The van der Waals surface area contributed by atoms with E-state index in [1.807, 2.05) is 11.6 Å². The summed E-state index contributed by atoms with van der Waals surface area (Å²) in [6.45, 7) is 6.72. The van der Waals surface area contributed by atoms with E-state index in [1.54, 1.807) is 0 Å². The van der Waals surface area contributed by atoms with Crippen molar-refractivity contribution in [1.82, 2.24) is 14.8 Å². The van der Waals surface area contributed by atoms with Gasteiger partial charge in [-0.25, -0.2) is 9.67 Å². The van der Waals surface area contributed by atoms with Crippen molar-refractivity contribution in [3.05, 3.63) is 41.0 Å². The maximum absolute atomic E-state index is 5.52. The number of nitrogens with zero attached hydrogens (tertiary/aromatic N) is 3. The Kier molecular flexibility index (Phi) is 3.24. The summed E-state index contributed by atoms with van der Waals surface area (Å²) in [4.78, 5) is 4.41. The predicted molar refractivity (Wildman–Crippen MR) is 68.3 cm³/mol. The molecular formula is C13H18N4. The number of hydrogen-bond donors (Lipinski definition) is 1. The van der Waals surface area contributed by atoms with Crippen LogP contribution in [0.5, 0.6) is 0 Å². The van der Waals surface area contributed by atoms with Crippen molar-refractivity contribution in [3.63, 3.8) is 0 Å². The Bertz CT molecular complexity index is 508. The van der Waals surface area contributed by atoms with Gasteiger partial charge in [0.25, 0.3) is 0 Å². The van der Waals surface area contributed by atoms with E-state index in [0.29, 0.717) is 6.54 Å². The molecule has 2 aromatic rings. The molecule has 17 heavy (non-hydrogen) atoms. The lowest BCUT2D eigenvalue weighted by molar-refractivity contribution is 0.802. The van der Waals surface area contributed by atoms with E-state index in [0.717, 1.165) is 23.8 Å². The van der Waals surface area contributed by atoms with Crippen molar-refractivity contribution in [1.29, 1.82) is 0 Å². The molecule has 0 amide bonds. The molecule has 1 heterocycles. The van der Waals surface area contributed by atoms with Gasteiger partial charge in [-0.2, -0.15) is 5.10 Å². The largest absolute Gasteiger partial charge is 0.330 e. The maximum atomic E-state index is 5.52. The van der Waals surface area contributed by atoms with Gasteiger partial charge in [0.05, 0.1) is 5.69 Å². The summed E-state index contributed by atoms with van der Waals surface area (Å²) in [5, 5.41) is 4.48. The summed E-state index contributed by atoms with van der Waals surface area (Å²) in [7, 11) is 0. The lowest BCUT2D eigenvalue weighted by atomic mass is 10.1. The third kappa shape index (κ3) is 2.53. The average Bonchev–Trinajstić information content (AvgIpc) is 2.58. The Morgan fingerprint density at radius 2 is 1.76 bits per heavy atom. The van der Waals surface area contributed by atoms with Gasteiger partial charge in [-0.1, -0.05) is 6.07 Å². The Balaban J connectivity index is 2.44. The minimum atomic E-state index is 0.580. The minimum Gasteiger partial charge on any atom is -0.330 e. The Morgan fingerprint density at radius 3 is 2.35 bits per heavy atom.